The summed E-state index contributed by atoms with van der Waals surface area (Å²) in [5, 5.41) is 5.49. The minimum Gasteiger partial charge on any atom is -0.458 e. The lowest BCUT2D eigenvalue weighted by Gasteiger charge is -2.29. The third-order valence-corrected chi connectivity index (χ3v) is 7.07. The number of hydrogen-bond donors (Lipinski definition) is 4. The second-order valence-corrected chi connectivity index (χ2v) is 11.4. The molecule has 2 aromatic rings. The Morgan fingerprint density at radius 3 is 2.10 bits per heavy atom. The van der Waals surface area contributed by atoms with Crippen LogP contribution in [0.5, 0.6) is 0 Å². The number of ether oxygens (including phenoxy) is 2. The summed E-state index contributed by atoms with van der Waals surface area (Å²) in [6, 6.07) is 14.2. The molecule has 0 heterocycles. The average molecular weight is 566 g/mol. The second kappa shape index (κ2) is 14.0. The quantitative estimate of drug-likeness (QED) is 0.132. The first-order valence-corrected chi connectivity index (χ1v) is 14.1. The summed E-state index contributed by atoms with van der Waals surface area (Å²) < 4.78 is 11.2. The van der Waals surface area contributed by atoms with Crippen molar-refractivity contribution >= 4 is 23.9 Å². The predicted molar refractivity (Wildman–Crippen MR) is 159 cm³/mol. The normalized spacial score (nSPS) is 14.6. The number of benzene rings is 2. The summed E-state index contributed by atoms with van der Waals surface area (Å²) in [5.74, 6) is -1.41. The van der Waals surface area contributed by atoms with Gasteiger partial charge in [0.05, 0.1) is 0 Å². The molecule has 41 heavy (non-hydrogen) atoms. The van der Waals surface area contributed by atoms with Crippen molar-refractivity contribution in [2.24, 2.45) is 22.4 Å². The van der Waals surface area contributed by atoms with Crippen molar-refractivity contribution in [2.45, 2.75) is 77.5 Å². The van der Waals surface area contributed by atoms with Crippen molar-refractivity contribution in [2.75, 3.05) is 13.2 Å². The molecule has 3 rings (SSSR count). The van der Waals surface area contributed by atoms with E-state index in [-0.39, 0.29) is 37.4 Å². The molecule has 1 aliphatic carbocycles. The number of aliphatic imine (C=N–C) groups is 1. The van der Waals surface area contributed by atoms with E-state index in [1.165, 1.54) is 0 Å². The van der Waals surface area contributed by atoms with E-state index in [4.69, 9.17) is 20.9 Å². The first-order valence-electron chi connectivity index (χ1n) is 14.1. The Morgan fingerprint density at radius 2 is 1.56 bits per heavy atom. The number of carbonyl (C=O) groups excluding carboxylic acids is 3. The summed E-state index contributed by atoms with van der Waals surface area (Å²) in [6.45, 7) is 9.48. The maximum atomic E-state index is 13.4. The van der Waals surface area contributed by atoms with Gasteiger partial charge >= 0.3 is 12.1 Å². The number of nitrogens with one attached hydrogen (secondary N) is 2. The molecule has 0 saturated heterocycles. The van der Waals surface area contributed by atoms with Crippen LogP contribution in [0.4, 0.5) is 4.79 Å². The van der Waals surface area contributed by atoms with Crippen LogP contribution in [0.1, 0.15) is 70.9 Å². The SMILES string of the molecule is CC[C@H](C)[C@H](NC(=O)[C@H](CCCN=C(N)N)NC(=O)OCC1c2ccccc2-c2ccccc21)C(=O)OC(C)(C)C. The highest BCUT2D eigenvalue weighted by molar-refractivity contribution is 5.90. The van der Waals surface area contributed by atoms with Gasteiger partial charge in [-0.25, -0.2) is 9.59 Å². The Bertz CT molecular complexity index is 1210. The third-order valence-electron chi connectivity index (χ3n) is 7.07. The van der Waals surface area contributed by atoms with Crippen molar-refractivity contribution in [3.8, 4) is 11.1 Å². The van der Waals surface area contributed by atoms with Gasteiger partial charge in [0.2, 0.25) is 5.91 Å². The Kier molecular flexibility index (Phi) is 10.7. The van der Waals surface area contributed by atoms with Crippen molar-refractivity contribution < 1.29 is 23.9 Å². The molecule has 2 aromatic carbocycles. The number of nitrogens with two attached hydrogens (primary N) is 2. The molecule has 0 aromatic heterocycles. The first kappa shape index (κ1) is 31.4. The zero-order chi connectivity index (χ0) is 30.2. The number of alkyl carbamates (subject to hydrolysis) is 1. The first-order chi connectivity index (χ1) is 19.4. The molecule has 0 aliphatic heterocycles. The fourth-order valence-corrected chi connectivity index (χ4v) is 4.84. The van der Waals surface area contributed by atoms with Gasteiger partial charge in [-0.05, 0) is 61.8 Å². The van der Waals surface area contributed by atoms with E-state index in [2.05, 4.69) is 27.8 Å². The van der Waals surface area contributed by atoms with Crippen molar-refractivity contribution in [1.29, 1.82) is 0 Å². The molecule has 0 radical (unpaired) electrons. The van der Waals surface area contributed by atoms with Gasteiger partial charge in [-0.3, -0.25) is 9.79 Å². The molecule has 0 spiro atoms. The maximum Gasteiger partial charge on any atom is 0.407 e. The minimum atomic E-state index is -0.978. The number of nitrogens with zero attached hydrogens (tertiary/aromatic N) is 1. The lowest BCUT2D eigenvalue weighted by Crippen LogP contribution is -2.54. The monoisotopic (exact) mass is 565 g/mol. The van der Waals surface area contributed by atoms with Gasteiger partial charge in [-0.2, -0.15) is 0 Å². The Morgan fingerprint density at radius 1 is 0.976 bits per heavy atom. The molecule has 0 bridgehead atoms. The largest absolute Gasteiger partial charge is 0.458 e. The molecule has 0 saturated carbocycles. The summed E-state index contributed by atoms with van der Waals surface area (Å²) >= 11 is 0. The van der Waals surface area contributed by atoms with Crippen LogP contribution in [0.25, 0.3) is 11.1 Å². The van der Waals surface area contributed by atoms with Crippen LogP contribution in [-0.2, 0) is 19.1 Å². The van der Waals surface area contributed by atoms with Gasteiger partial charge in [0.15, 0.2) is 5.96 Å². The molecular formula is C31H43N5O5. The van der Waals surface area contributed by atoms with Crippen molar-refractivity contribution in [1.82, 2.24) is 10.6 Å². The fraction of sp³-hybridized carbons (Fsp3) is 0.484. The van der Waals surface area contributed by atoms with Gasteiger partial charge in [-0.15, -0.1) is 0 Å². The molecule has 1 aliphatic rings. The average Bonchev–Trinajstić information content (AvgIpc) is 3.24. The Hall–Kier alpha value is -4.08. The fourth-order valence-electron chi connectivity index (χ4n) is 4.84. The number of fused-ring (bicyclic) bond motifs is 3. The minimum absolute atomic E-state index is 0.0581. The highest BCUT2D eigenvalue weighted by atomic mass is 16.6. The maximum absolute atomic E-state index is 13.4. The van der Waals surface area contributed by atoms with E-state index in [1.54, 1.807) is 20.8 Å². The highest BCUT2D eigenvalue weighted by Crippen LogP contribution is 2.44. The van der Waals surface area contributed by atoms with Crippen LogP contribution in [-0.4, -0.2) is 54.8 Å². The van der Waals surface area contributed by atoms with E-state index >= 15 is 0 Å². The van der Waals surface area contributed by atoms with E-state index in [9.17, 15) is 14.4 Å². The molecule has 10 heteroatoms. The lowest BCUT2D eigenvalue weighted by atomic mass is 9.98. The second-order valence-electron chi connectivity index (χ2n) is 11.4. The summed E-state index contributed by atoms with van der Waals surface area (Å²) in [7, 11) is 0. The predicted octanol–water partition coefficient (Wildman–Crippen LogP) is 3.82. The molecular weight excluding hydrogens is 522 g/mol. The number of carbonyl (C=O) groups is 3. The number of rotatable bonds is 12. The Balaban J connectivity index is 1.71. The molecule has 0 unspecified atom stereocenters. The van der Waals surface area contributed by atoms with Crippen LogP contribution >= 0.6 is 0 Å². The highest BCUT2D eigenvalue weighted by Gasteiger charge is 2.34. The van der Waals surface area contributed by atoms with Crippen LogP contribution in [0.15, 0.2) is 53.5 Å². The molecule has 2 amide bonds. The zero-order valence-corrected chi connectivity index (χ0v) is 24.6. The number of amides is 2. The van der Waals surface area contributed by atoms with Crippen molar-refractivity contribution in [3.05, 3.63) is 59.7 Å². The van der Waals surface area contributed by atoms with E-state index in [1.807, 2.05) is 50.2 Å². The van der Waals surface area contributed by atoms with E-state index in [0.717, 1.165) is 22.3 Å². The molecule has 10 nitrogen and oxygen atoms in total. The topological polar surface area (TPSA) is 158 Å². The van der Waals surface area contributed by atoms with Gasteiger partial charge < -0.3 is 31.6 Å². The molecule has 222 valence electrons. The molecule has 3 atom stereocenters. The van der Waals surface area contributed by atoms with E-state index < -0.39 is 35.7 Å². The number of esters is 1. The van der Waals surface area contributed by atoms with Crippen LogP contribution in [0.3, 0.4) is 0 Å². The van der Waals surface area contributed by atoms with Crippen LogP contribution < -0.4 is 22.1 Å². The van der Waals surface area contributed by atoms with Gasteiger partial charge in [0, 0.05) is 12.5 Å². The Labute approximate surface area is 242 Å². The van der Waals surface area contributed by atoms with Crippen molar-refractivity contribution in [3.63, 3.8) is 0 Å². The van der Waals surface area contributed by atoms with Gasteiger partial charge in [-0.1, -0.05) is 68.8 Å². The van der Waals surface area contributed by atoms with Gasteiger partial charge in [0.25, 0.3) is 0 Å². The smallest absolute Gasteiger partial charge is 0.407 e. The molecule has 6 N–H and O–H groups in total. The standard InChI is InChI=1S/C31H43N5O5/c1-6-19(2)26(28(38)41-31(3,4)5)36-27(37)25(16-11-17-34-29(32)33)35-30(39)40-18-24-22-14-9-7-12-20(22)21-13-8-10-15-23(21)24/h7-10,12-15,19,24-26H,6,11,16-18H2,1-5H3,(H,35,39)(H,36,37)(H4,32,33,34)/t19-,25-,26-/m0/s1. The third kappa shape index (κ3) is 8.70. The van der Waals surface area contributed by atoms with Gasteiger partial charge in [0.1, 0.15) is 24.3 Å². The number of guanidine groups is 1. The lowest BCUT2D eigenvalue weighted by molar-refractivity contribution is -0.160. The van der Waals surface area contributed by atoms with Crippen LogP contribution in [0.2, 0.25) is 0 Å². The molecule has 0 fully saturated rings. The summed E-state index contributed by atoms with van der Waals surface area (Å²) in [6.07, 6.45) is 0.555. The van der Waals surface area contributed by atoms with Crippen LogP contribution in [0, 0.1) is 5.92 Å². The van der Waals surface area contributed by atoms with E-state index in [0.29, 0.717) is 12.8 Å². The summed E-state index contributed by atoms with van der Waals surface area (Å²) in [5.41, 5.74) is 14.5. The number of hydrogen-bond acceptors (Lipinski definition) is 6. The summed E-state index contributed by atoms with van der Waals surface area (Å²) in [4.78, 5) is 43.3. The zero-order valence-electron chi connectivity index (χ0n) is 24.6.